The van der Waals surface area contributed by atoms with E-state index < -0.39 is 17.7 Å². The van der Waals surface area contributed by atoms with Crippen molar-refractivity contribution in [3.05, 3.63) is 65.2 Å². The lowest BCUT2D eigenvalue weighted by Gasteiger charge is -2.16. The normalized spacial score (nSPS) is 12.0. The SMILES string of the molecule is O=C(CCc1cccc(F)c1F)N[C@H](CO)Cc1ccc(O)cc1. The molecule has 2 aromatic carbocycles. The van der Waals surface area contributed by atoms with Gasteiger partial charge in [-0.3, -0.25) is 4.79 Å². The largest absolute Gasteiger partial charge is 0.508 e. The van der Waals surface area contributed by atoms with Gasteiger partial charge in [0.05, 0.1) is 12.6 Å². The number of rotatable bonds is 7. The van der Waals surface area contributed by atoms with Crippen molar-refractivity contribution >= 4 is 5.91 Å². The summed E-state index contributed by atoms with van der Waals surface area (Å²) in [6.07, 6.45) is 0.468. The number of phenolic OH excluding ortho intramolecular Hbond substituents is 1. The van der Waals surface area contributed by atoms with Gasteiger partial charge >= 0.3 is 0 Å². The van der Waals surface area contributed by atoms with Crippen molar-refractivity contribution in [2.45, 2.75) is 25.3 Å². The first-order valence-corrected chi connectivity index (χ1v) is 7.60. The molecule has 2 rings (SSSR count). The second-order valence-electron chi connectivity index (χ2n) is 5.53. The van der Waals surface area contributed by atoms with Crippen LogP contribution in [0.1, 0.15) is 17.5 Å². The minimum Gasteiger partial charge on any atom is -0.508 e. The number of phenols is 1. The lowest BCUT2D eigenvalue weighted by atomic mass is 10.1. The summed E-state index contributed by atoms with van der Waals surface area (Å²) in [5.74, 6) is -2.08. The van der Waals surface area contributed by atoms with E-state index in [-0.39, 0.29) is 36.7 Å². The van der Waals surface area contributed by atoms with Gasteiger partial charge in [-0.25, -0.2) is 8.78 Å². The number of aromatic hydroxyl groups is 1. The number of hydrogen-bond acceptors (Lipinski definition) is 3. The van der Waals surface area contributed by atoms with Crippen molar-refractivity contribution in [3.63, 3.8) is 0 Å². The van der Waals surface area contributed by atoms with E-state index in [9.17, 15) is 23.8 Å². The maximum atomic E-state index is 13.5. The van der Waals surface area contributed by atoms with Gasteiger partial charge in [-0.05, 0) is 42.2 Å². The molecule has 6 heteroatoms. The third kappa shape index (κ3) is 5.03. The zero-order valence-electron chi connectivity index (χ0n) is 13.0. The van der Waals surface area contributed by atoms with Crippen LogP contribution in [0, 0.1) is 11.6 Å². The molecule has 128 valence electrons. The maximum absolute atomic E-state index is 13.5. The summed E-state index contributed by atoms with van der Waals surface area (Å²) in [6, 6.07) is 9.83. The third-order valence-corrected chi connectivity index (χ3v) is 3.66. The van der Waals surface area contributed by atoms with Crippen LogP contribution in [0.2, 0.25) is 0 Å². The van der Waals surface area contributed by atoms with E-state index in [1.54, 1.807) is 12.1 Å². The molecule has 0 unspecified atom stereocenters. The predicted molar refractivity (Wildman–Crippen MR) is 85.5 cm³/mol. The van der Waals surface area contributed by atoms with Gasteiger partial charge in [0.15, 0.2) is 11.6 Å². The maximum Gasteiger partial charge on any atom is 0.220 e. The Hall–Kier alpha value is -2.47. The summed E-state index contributed by atoms with van der Waals surface area (Å²) in [7, 11) is 0. The number of nitrogens with one attached hydrogen (secondary N) is 1. The standard InChI is InChI=1S/C18H19F2NO3/c19-16-3-1-2-13(18(16)20)6-9-17(24)21-14(11-22)10-12-4-7-15(23)8-5-12/h1-5,7-8,14,22-23H,6,9-11H2,(H,21,24)/t14-/m0/s1. The highest BCUT2D eigenvalue weighted by Crippen LogP contribution is 2.14. The fourth-order valence-corrected chi connectivity index (χ4v) is 2.37. The molecule has 0 spiro atoms. The van der Waals surface area contributed by atoms with E-state index in [1.807, 2.05) is 0 Å². The number of aliphatic hydroxyl groups excluding tert-OH is 1. The molecule has 1 atom stereocenters. The average Bonchev–Trinajstić information content (AvgIpc) is 2.57. The summed E-state index contributed by atoms with van der Waals surface area (Å²) >= 11 is 0. The molecule has 2 aromatic rings. The number of aliphatic hydroxyl groups is 1. The molecule has 0 aromatic heterocycles. The van der Waals surface area contributed by atoms with E-state index in [0.29, 0.717) is 6.42 Å². The Kier molecular flexibility index (Phi) is 6.26. The van der Waals surface area contributed by atoms with Gasteiger partial charge in [-0.1, -0.05) is 24.3 Å². The molecule has 0 saturated heterocycles. The highest BCUT2D eigenvalue weighted by molar-refractivity contribution is 5.76. The van der Waals surface area contributed by atoms with Crippen LogP contribution in [0.15, 0.2) is 42.5 Å². The van der Waals surface area contributed by atoms with Crippen LogP contribution in [0.4, 0.5) is 8.78 Å². The molecule has 0 radical (unpaired) electrons. The molecule has 0 saturated carbocycles. The highest BCUT2D eigenvalue weighted by atomic mass is 19.2. The molecule has 24 heavy (non-hydrogen) atoms. The molecule has 0 bridgehead atoms. The number of benzene rings is 2. The minimum atomic E-state index is -0.937. The van der Waals surface area contributed by atoms with E-state index in [2.05, 4.69) is 5.32 Å². The number of hydrogen-bond donors (Lipinski definition) is 3. The van der Waals surface area contributed by atoms with Crippen LogP contribution in [-0.2, 0) is 17.6 Å². The van der Waals surface area contributed by atoms with E-state index in [1.165, 1.54) is 24.3 Å². The third-order valence-electron chi connectivity index (χ3n) is 3.66. The zero-order valence-corrected chi connectivity index (χ0v) is 13.0. The number of carbonyl (C=O) groups is 1. The van der Waals surface area contributed by atoms with Crippen LogP contribution < -0.4 is 5.32 Å². The van der Waals surface area contributed by atoms with Crippen LogP contribution in [0.25, 0.3) is 0 Å². The molecule has 1 amide bonds. The van der Waals surface area contributed by atoms with Crippen molar-refractivity contribution in [2.75, 3.05) is 6.61 Å². The fraction of sp³-hybridized carbons (Fsp3) is 0.278. The van der Waals surface area contributed by atoms with Crippen molar-refractivity contribution in [1.82, 2.24) is 5.32 Å². The van der Waals surface area contributed by atoms with Crippen LogP contribution in [0.5, 0.6) is 5.75 Å². The zero-order chi connectivity index (χ0) is 17.5. The van der Waals surface area contributed by atoms with Gasteiger partial charge < -0.3 is 15.5 Å². The molecule has 3 N–H and O–H groups in total. The molecule has 4 nitrogen and oxygen atoms in total. The van der Waals surface area contributed by atoms with Crippen molar-refractivity contribution in [3.8, 4) is 5.75 Å². The van der Waals surface area contributed by atoms with Crippen LogP contribution in [-0.4, -0.2) is 28.8 Å². The number of halogens is 2. The molecule has 0 aliphatic rings. The second-order valence-corrected chi connectivity index (χ2v) is 5.53. The molecule has 0 aliphatic carbocycles. The predicted octanol–water partition coefficient (Wildman–Crippen LogP) is 2.32. The quantitative estimate of drug-likeness (QED) is 0.727. The van der Waals surface area contributed by atoms with E-state index in [0.717, 1.165) is 11.6 Å². The lowest BCUT2D eigenvalue weighted by molar-refractivity contribution is -0.122. The summed E-state index contributed by atoms with van der Waals surface area (Å²) < 4.78 is 26.6. The minimum absolute atomic E-state index is 0.00749. The smallest absolute Gasteiger partial charge is 0.220 e. The van der Waals surface area contributed by atoms with Crippen LogP contribution in [0.3, 0.4) is 0 Å². The fourth-order valence-electron chi connectivity index (χ4n) is 2.37. The van der Waals surface area contributed by atoms with E-state index in [4.69, 9.17) is 0 Å². The van der Waals surface area contributed by atoms with Crippen molar-refractivity contribution in [2.24, 2.45) is 0 Å². The van der Waals surface area contributed by atoms with Crippen LogP contribution >= 0.6 is 0 Å². The summed E-state index contributed by atoms with van der Waals surface area (Å²) in [5, 5.41) is 21.3. The number of aryl methyl sites for hydroxylation is 1. The van der Waals surface area contributed by atoms with Crippen molar-refractivity contribution < 1.29 is 23.8 Å². The van der Waals surface area contributed by atoms with Gasteiger partial charge in [0, 0.05) is 6.42 Å². The monoisotopic (exact) mass is 335 g/mol. The Morgan fingerprint density at radius 3 is 2.50 bits per heavy atom. The lowest BCUT2D eigenvalue weighted by Crippen LogP contribution is -2.39. The Bertz CT molecular complexity index is 689. The summed E-state index contributed by atoms with van der Waals surface area (Å²) in [6.45, 7) is -0.249. The Morgan fingerprint density at radius 1 is 1.12 bits per heavy atom. The molecule has 0 heterocycles. The second kappa shape index (κ2) is 8.40. The van der Waals surface area contributed by atoms with Gasteiger partial charge in [-0.2, -0.15) is 0 Å². The highest BCUT2D eigenvalue weighted by Gasteiger charge is 2.14. The van der Waals surface area contributed by atoms with E-state index >= 15 is 0 Å². The first-order chi connectivity index (χ1) is 11.5. The van der Waals surface area contributed by atoms with Gasteiger partial charge in [-0.15, -0.1) is 0 Å². The molecule has 0 aliphatic heterocycles. The Balaban J connectivity index is 1.87. The Labute approximate surface area is 138 Å². The summed E-state index contributed by atoms with van der Waals surface area (Å²) in [4.78, 5) is 11.9. The Morgan fingerprint density at radius 2 is 1.83 bits per heavy atom. The van der Waals surface area contributed by atoms with Gasteiger partial charge in [0.2, 0.25) is 5.91 Å². The molecule has 0 fully saturated rings. The van der Waals surface area contributed by atoms with Gasteiger partial charge in [0.25, 0.3) is 0 Å². The molecular formula is C18H19F2NO3. The summed E-state index contributed by atoms with van der Waals surface area (Å²) in [5.41, 5.74) is 0.993. The topological polar surface area (TPSA) is 69.6 Å². The average molecular weight is 335 g/mol. The van der Waals surface area contributed by atoms with Gasteiger partial charge in [0.1, 0.15) is 5.75 Å². The first-order valence-electron chi connectivity index (χ1n) is 7.60. The number of carbonyl (C=O) groups excluding carboxylic acids is 1. The van der Waals surface area contributed by atoms with Crippen molar-refractivity contribution in [1.29, 1.82) is 0 Å². The first kappa shape index (κ1) is 17.9. The number of amides is 1. The molecular weight excluding hydrogens is 316 g/mol.